The highest BCUT2D eigenvalue weighted by atomic mass is 16.7. The fourth-order valence-corrected chi connectivity index (χ4v) is 4.00. The van der Waals surface area contributed by atoms with E-state index in [4.69, 9.17) is 18.9 Å². The van der Waals surface area contributed by atoms with Crippen LogP contribution in [0, 0.1) is 0 Å². The van der Waals surface area contributed by atoms with Gasteiger partial charge in [-0.25, -0.2) is 0 Å². The molecule has 2 heterocycles. The lowest BCUT2D eigenvalue weighted by Crippen LogP contribution is -3.30. The molecule has 3 N–H and O–H groups in total. The number of piperazine rings is 1. The first kappa shape index (κ1) is 21.3. The number of rotatable bonds is 8. The second-order valence-electron chi connectivity index (χ2n) is 7.96. The van der Waals surface area contributed by atoms with Crippen molar-refractivity contribution in [2.24, 2.45) is 0 Å². The molecule has 2 aromatic carbocycles. The minimum Gasteiger partial charge on any atom is -0.497 e. The van der Waals surface area contributed by atoms with Crippen LogP contribution < -0.4 is 34.1 Å². The smallest absolute Gasteiger partial charge is 0.282 e. The molecule has 8 nitrogen and oxygen atoms in total. The number of quaternary nitrogens is 2. The van der Waals surface area contributed by atoms with Gasteiger partial charge in [-0.1, -0.05) is 0 Å². The maximum atomic E-state index is 12.7. The lowest BCUT2D eigenvalue weighted by atomic mass is 10.2. The molecule has 1 saturated heterocycles. The summed E-state index contributed by atoms with van der Waals surface area (Å²) in [4.78, 5) is 15.6. The zero-order valence-corrected chi connectivity index (χ0v) is 18.1. The Morgan fingerprint density at radius 1 is 1.03 bits per heavy atom. The zero-order chi connectivity index (χ0) is 21.6. The number of amides is 1. The van der Waals surface area contributed by atoms with Crippen LogP contribution in [0.3, 0.4) is 0 Å². The van der Waals surface area contributed by atoms with Crippen molar-refractivity contribution in [2.75, 3.05) is 58.6 Å². The Hall–Kier alpha value is -2.97. The van der Waals surface area contributed by atoms with Gasteiger partial charge in [0.15, 0.2) is 17.5 Å². The SMILES string of the molecule is COc1ccc(OCC[NH+]2CC[NH+]([C@@H](C)C(=O)Nc3ccc4c(c3)OCO4)CC2)cc1. The van der Waals surface area contributed by atoms with Crippen molar-refractivity contribution in [3.63, 3.8) is 0 Å². The quantitative estimate of drug-likeness (QED) is 0.533. The van der Waals surface area contributed by atoms with E-state index < -0.39 is 0 Å². The summed E-state index contributed by atoms with van der Waals surface area (Å²) in [5.74, 6) is 3.10. The van der Waals surface area contributed by atoms with E-state index in [1.165, 1.54) is 9.80 Å². The van der Waals surface area contributed by atoms with Crippen LogP contribution in [0.2, 0.25) is 0 Å². The van der Waals surface area contributed by atoms with Crippen molar-refractivity contribution in [3.8, 4) is 23.0 Å². The molecule has 0 aliphatic carbocycles. The summed E-state index contributed by atoms with van der Waals surface area (Å²) >= 11 is 0. The number of carbonyl (C=O) groups is 1. The molecule has 2 aliphatic rings. The number of fused-ring (bicyclic) bond motifs is 1. The van der Waals surface area contributed by atoms with Gasteiger partial charge in [0.05, 0.1) is 7.11 Å². The highest BCUT2D eigenvalue weighted by molar-refractivity contribution is 5.94. The van der Waals surface area contributed by atoms with Gasteiger partial charge in [0, 0.05) is 11.8 Å². The third kappa shape index (κ3) is 5.39. The molecule has 0 saturated carbocycles. The molecular weight excluding hydrogens is 398 g/mol. The third-order valence-corrected chi connectivity index (χ3v) is 6.03. The summed E-state index contributed by atoms with van der Waals surface area (Å²) in [6.45, 7) is 7.85. The Balaban J connectivity index is 1.18. The maximum absolute atomic E-state index is 12.7. The zero-order valence-electron chi connectivity index (χ0n) is 18.1. The molecule has 2 aromatic rings. The average molecular weight is 430 g/mol. The van der Waals surface area contributed by atoms with E-state index in [2.05, 4.69) is 5.32 Å². The van der Waals surface area contributed by atoms with E-state index in [0.717, 1.165) is 49.9 Å². The summed E-state index contributed by atoms with van der Waals surface area (Å²) in [6, 6.07) is 13.0. The highest BCUT2D eigenvalue weighted by Crippen LogP contribution is 2.34. The van der Waals surface area contributed by atoms with Crippen molar-refractivity contribution in [2.45, 2.75) is 13.0 Å². The number of hydrogen-bond acceptors (Lipinski definition) is 5. The van der Waals surface area contributed by atoms with Gasteiger partial charge in [-0.05, 0) is 43.3 Å². The second-order valence-corrected chi connectivity index (χ2v) is 7.96. The summed E-state index contributed by atoms with van der Waals surface area (Å²) in [7, 11) is 1.66. The molecule has 2 aliphatic heterocycles. The van der Waals surface area contributed by atoms with Crippen LogP contribution in [0.5, 0.6) is 23.0 Å². The molecular formula is C23H31N3O5+2. The third-order valence-electron chi connectivity index (χ3n) is 6.03. The van der Waals surface area contributed by atoms with Gasteiger partial charge in [0.2, 0.25) is 6.79 Å². The van der Waals surface area contributed by atoms with E-state index in [9.17, 15) is 4.79 Å². The van der Waals surface area contributed by atoms with E-state index in [0.29, 0.717) is 18.1 Å². The van der Waals surface area contributed by atoms with Gasteiger partial charge >= 0.3 is 0 Å². The lowest BCUT2D eigenvalue weighted by Gasteiger charge is -2.32. The average Bonchev–Trinajstić information content (AvgIpc) is 3.27. The lowest BCUT2D eigenvalue weighted by molar-refractivity contribution is -1.02. The standard InChI is InChI=1S/C23H29N3O5/c1-17(23(27)24-18-3-8-21-22(15-18)31-16-30-21)26-11-9-25(10-12-26)13-14-29-20-6-4-19(28-2)5-7-20/h3-8,15,17H,9-14,16H2,1-2H3,(H,24,27)/p+2/t17-/m0/s1. The number of nitrogens with one attached hydrogen (secondary N) is 3. The Bertz CT molecular complexity index is 881. The normalized spacial score (nSPS) is 20.7. The molecule has 0 bridgehead atoms. The Kier molecular flexibility index (Phi) is 6.79. The molecule has 166 valence electrons. The van der Waals surface area contributed by atoms with Crippen LogP contribution in [0.25, 0.3) is 0 Å². The van der Waals surface area contributed by atoms with Crippen LogP contribution in [-0.2, 0) is 4.79 Å². The van der Waals surface area contributed by atoms with Crippen molar-refractivity contribution < 1.29 is 33.5 Å². The minimum absolute atomic E-state index is 0.0279. The van der Waals surface area contributed by atoms with Crippen LogP contribution in [0.4, 0.5) is 5.69 Å². The van der Waals surface area contributed by atoms with Crippen molar-refractivity contribution in [1.82, 2.24) is 0 Å². The first-order valence-electron chi connectivity index (χ1n) is 10.8. The molecule has 1 fully saturated rings. The summed E-state index contributed by atoms with van der Waals surface area (Å²) in [5.41, 5.74) is 0.737. The van der Waals surface area contributed by atoms with E-state index >= 15 is 0 Å². The van der Waals surface area contributed by atoms with Crippen molar-refractivity contribution >= 4 is 11.6 Å². The van der Waals surface area contributed by atoms with Crippen LogP contribution in [0.1, 0.15) is 6.92 Å². The molecule has 0 unspecified atom stereocenters. The maximum Gasteiger partial charge on any atom is 0.282 e. The highest BCUT2D eigenvalue weighted by Gasteiger charge is 2.31. The van der Waals surface area contributed by atoms with Gasteiger partial charge in [-0.15, -0.1) is 0 Å². The Morgan fingerprint density at radius 2 is 1.74 bits per heavy atom. The van der Waals surface area contributed by atoms with Gasteiger partial charge in [-0.3, -0.25) is 4.79 Å². The van der Waals surface area contributed by atoms with E-state index in [1.807, 2.05) is 49.4 Å². The molecule has 31 heavy (non-hydrogen) atoms. The number of methoxy groups -OCH3 is 1. The molecule has 0 spiro atoms. The second kappa shape index (κ2) is 9.89. The molecule has 0 radical (unpaired) electrons. The predicted molar refractivity (Wildman–Crippen MR) is 115 cm³/mol. The number of anilines is 1. The molecule has 4 rings (SSSR count). The topological polar surface area (TPSA) is 74.9 Å². The number of benzene rings is 2. The fourth-order valence-electron chi connectivity index (χ4n) is 4.00. The predicted octanol–water partition coefficient (Wildman–Crippen LogP) is -0.387. The van der Waals surface area contributed by atoms with Crippen molar-refractivity contribution in [1.29, 1.82) is 0 Å². The van der Waals surface area contributed by atoms with Crippen LogP contribution in [0.15, 0.2) is 42.5 Å². The first-order valence-corrected chi connectivity index (χ1v) is 10.8. The Labute approximate surface area is 182 Å². The van der Waals surface area contributed by atoms with Gasteiger partial charge in [0.1, 0.15) is 50.8 Å². The number of ether oxygens (including phenoxy) is 4. The summed E-state index contributed by atoms with van der Waals surface area (Å²) in [5, 5.41) is 3.01. The van der Waals surface area contributed by atoms with Gasteiger partial charge in [0.25, 0.3) is 5.91 Å². The summed E-state index contributed by atoms with van der Waals surface area (Å²) in [6.07, 6.45) is 0. The van der Waals surface area contributed by atoms with Crippen LogP contribution >= 0.6 is 0 Å². The molecule has 1 amide bonds. The summed E-state index contributed by atoms with van der Waals surface area (Å²) < 4.78 is 21.7. The van der Waals surface area contributed by atoms with Gasteiger partial charge in [-0.2, -0.15) is 0 Å². The van der Waals surface area contributed by atoms with Crippen LogP contribution in [-0.4, -0.2) is 65.2 Å². The fraction of sp³-hybridized carbons (Fsp3) is 0.435. The largest absolute Gasteiger partial charge is 0.497 e. The minimum atomic E-state index is -0.109. The molecule has 0 aromatic heterocycles. The monoisotopic (exact) mass is 429 g/mol. The van der Waals surface area contributed by atoms with Gasteiger partial charge < -0.3 is 34.1 Å². The van der Waals surface area contributed by atoms with Crippen molar-refractivity contribution in [3.05, 3.63) is 42.5 Å². The molecule has 1 atom stereocenters. The Morgan fingerprint density at radius 3 is 2.48 bits per heavy atom. The number of carbonyl (C=O) groups excluding carboxylic acids is 1. The first-order chi connectivity index (χ1) is 15.1. The van der Waals surface area contributed by atoms with E-state index in [1.54, 1.807) is 7.11 Å². The molecule has 8 heteroatoms. The number of hydrogen-bond donors (Lipinski definition) is 3. The van der Waals surface area contributed by atoms with E-state index in [-0.39, 0.29) is 18.7 Å².